The lowest BCUT2D eigenvalue weighted by Crippen LogP contribution is -2.34. The summed E-state index contributed by atoms with van der Waals surface area (Å²) in [6.07, 6.45) is 4.20. The van der Waals surface area contributed by atoms with Crippen LogP contribution in [-0.4, -0.2) is 24.5 Å². The predicted octanol–water partition coefficient (Wildman–Crippen LogP) is 4.67. The summed E-state index contributed by atoms with van der Waals surface area (Å²) in [7, 11) is 0. The van der Waals surface area contributed by atoms with Crippen LogP contribution in [0, 0.1) is 5.92 Å². The van der Waals surface area contributed by atoms with Crippen LogP contribution in [0.2, 0.25) is 0 Å². The van der Waals surface area contributed by atoms with Gasteiger partial charge in [0.25, 0.3) is 0 Å². The molecule has 100 valence electrons. The van der Waals surface area contributed by atoms with Crippen molar-refractivity contribution in [3.05, 3.63) is 34.3 Å². The highest BCUT2D eigenvalue weighted by Crippen LogP contribution is 2.26. The Labute approximate surface area is 120 Å². The van der Waals surface area contributed by atoms with Crippen molar-refractivity contribution in [3.8, 4) is 0 Å². The maximum absolute atomic E-state index is 3.50. The Bertz CT molecular complexity index is 354. The van der Waals surface area contributed by atoms with E-state index < -0.39 is 0 Å². The number of benzene rings is 1. The minimum Gasteiger partial charge on any atom is -0.303 e. The van der Waals surface area contributed by atoms with E-state index >= 15 is 0 Å². The van der Waals surface area contributed by atoms with Crippen LogP contribution in [-0.2, 0) is 0 Å². The van der Waals surface area contributed by atoms with Crippen molar-refractivity contribution in [1.82, 2.24) is 4.90 Å². The fraction of sp³-hybridized carbons (Fsp3) is 0.625. The number of hydrogen-bond donors (Lipinski definition) is 0. The molecule has 0 N–H and O–H groups in total. The predicted molar refractivity (Wildman–Crippen MR) is 82.0 cm³/mol. The number of halogens is 1. The molecule has 1 nitrogen and oxygen atoms in total. The summed E-state index contributed by atoms with van der Waals surface area (Å²) in [5.74, 6) is 1.37. The van der Waals surface area contributed by atoms with E-state index in [9.17, 15) is 0 Å². The first-order valence-electron chi connectivity index (χ1n) is 7.14. The Morgan fingerprint density at radius 2 is 1.67 bits per heavy atom. The Balaban J connectivity index is 1.91. The van der Waals surface area contributed by atoms with E-state index in [1.54, 1.807) is 0 Å². The summed E-state index contributed by atoms with van der Waals surface area (Å²) in [5, 5.41) is 0. The van der Waals surface area contributed by atoms with E-state index in [1.165, 1.54) is 48.9 Å². The van der Waals surface area contributed by atoms with Crippen LogP contribution in [0.4, 0.5) is 0 Å². The standard InChI is InChI=1S/C16H24BrN/c1-13(12-18-10-4-3-5-11-18)14(2)15-6-8-16(17)9-7-15/h6-9,13-14H,3-5,10-12H2,1-2H3/t13-,14+/m1/s1. The van der Waals surface area contributed by atoms with Gasteiger partial charge in [-0.25, -0.2) is 0 Å². The van der Waals surface area contributed by atoms with E-state index in [2.05, 4.69) is 58.9 Å². The average molecular weight is 310 g/mol. The second-order valence-corrected chi connectivity index (χ2v) is 6.59. The summed E-state index contributed by atoms with van der Waals surface area (Å²) in [4.78, 5) is 2.64. The molecule has 18 heavy (non-hydrogen) atoms. The smallest absolute Gasteiger partial charge is 0.0175 e. The minimum absolute atomic E-state index is 0.639. The van der Waals surface area contributed by atoms with Crippen LogP contribution < -0.4 is 0 Å². The van der Waals surface area contributed by atoms with E-state index in [0.29, 0.717) is 5.92 Å². The Hall–Kier alpha value is -0.340. The molecule has 1 aromatic rings. The first-order chi connectivity index (χ1) is 8.66. The highest BCUT2D eigenvalue weighted by molar-refractivity contribution is 9.10. The zero-order valence-electron chi connectivity index (χ0n) is 11.5. The van der Waals surface area contributed by atoms with Crippen molar-refractivity contribution < 1.29 is 0 Å². The maximum Gasteiger partial charge on any atom is 0.0175 e. The van der Waals surface area contributed by atoms with Crippen LogP contribution in [0.1, 0.15) is 44.6 Å². The molecule has 1 aliphatic rings. The molecule has 1 aromatic carbocycles. The molecule has 0 unspecified atom stereocenters. The van der Waals surface area contributed by atoms with Gasteiger partial charge in [0.05, 0.1) is 0 Å². The summed E-state index contributed by atoms with van der Waals surface area (Å²) in [6, 6.07) is 8.81. The highest BCUT2D eigenvalue weighted by Gasteiger charge is 2.19. The highest BCUT2D eigenvalue weighted by atomic mass is 79.9. The van der Waals surface area contributed by atoms with Gasteiger partial charge in [-0.1, -0.05) is 48.3 Å². The van der Waals surface area contributed by atoms with Gasteiger partial charge in [0, 0.05) is 11.0 Å². The quantitative estimate of drug-likeness (QED) is 0.781. The second-order valence-electron chi connectivity index (χ2n) is 5.68. The Morgan fingerprint density at radius 1 is 1.06 bits per heavy atom. The maximum atomic E-state index is 3.50. The fourth-order valence-corrected chi connectivity index (χ4v) is 3.07. The van der Waals surface area contributed by atoms with Crippen LogP contribution in [0.25, 0.3) is 0 Å². The molecule has 1 fully saturated rings. The summed E-state index contributed by atoms with van der Waals surface area (Å²) in [6.45, 7) is 8.60. The molecule has 0 radical (unpaired) electrons. The summed E-state index contributed by atoms with van der Waals surface area (Å²) >= 11 is 3.50. The molecular formula is C16H24BrN. The monoisotopic (exact) mass is 309 g/mol. The van der Waals surface area contributed by atoms with Gasteiger partial charge in [0.15, 0.2) is 0 Å². The van der Waals surface area contributed by atoms with Crippen LogP contribution >= 0.6 is 15.9 Å². The van der Waals surface area contributed by atoms with Gasteiger partial charge < -0.3 is 4.90 Å². The molecule has 1 saturated heterocycles. The molecular weight excluding hydrogens is 286 g/mol. The fourth-order valence-electron chi connectivity index (χ4n) is 2.80. The number of rotatable bonds is 4. The van der Waals surface area contributed by atoms with Crippen molar-refractivity contribution >= 4 is 15.9 Å². The lowest BCUT2D eigenvalue weighted by molar-refractivity contribution is 0.191. The molecule has 0 aliphatic carbocycles. The first kappa shape index (κ1) is 14.1. The lowest BCUT2D eigenvalue weighted by Gasteiger charge is -2.31. The zero-order valence-corrected chi connectivity index (χ0v) is 13.1. The third kappa shape index (κ3) is 3.83. The zero-order chi connectivity index (χ0) is 13.0. The van der Waals surface area contributed by atoms with Gasteiger partial charge in [-0.05, 0) is 55.5 Å². The van der Waals surface area contributed by atoms with Gasteiger partial charge in [-0.2, -0.15) is 0 Å². The number of piperidine rings is 1. The number of hydrogen-bond acceptors (Lipinski definition) is 1. The molecule has 0 spiro atoms. The SMILES string of the molecule is C[C@H](CN1CCCCC1)[C@H](C)c1ccc(Br)cc1. The molecule has 1 aliphatic heterocycles. The normalized spacial score (nSPS) is 20.6. The Kier molecular flexibility index (Phi) is 5.25. The largest absolute Gasteiger partial charge is 0.303 e. The van der Waals surface area contributed by atoms with Crippen molar-refractivity contribution in [2.75, 3.05) is 19.6 Å². The molecule has 2 heteroatoms. The molecule has 0 saturated carbocycles. The molecule has 2 rings (SSSR count). The van der Waals surface area contributed by atoms with Gasteiger partial charge in [0.1, 0.15) is 0 Å². The average Bonchev–Trinajstić information content (AvgIpc) is 2.40. The van der Waals surface area contributed by atoms with E-state index in [-0.39, 0.29) is 0 Å². The van der Waals surface area contributed by atoms with Gasteiger partial charge >= 0.3 is 0 Å². The Morgan fingerprint density at radius 3 is 2.28 bits per heavy atom. The van der Waals surface area contributed by atoms with Crippen LogP contribution in [0.5, 0.6) is 0 Å². The van der Waals surface area contributed by atoms with E-state index in [0.717, 1.165) is 5.92 Å². The van der Waals surface area contributed by atoms with Crippen molar-refractivity contribution in [1.29, 1.82) is 0 Å². The third-order valence-corrected chi connectivity index (χ3v) is 4.77. The van der Waals surface area contributed by atoms with Gasteiger partial charge in [0.2, 0.25) is 0 Å². The van der Waals surface area contributed by atoms with Crippen molar-refractivity contribution in [3.63, 3.8) is 0 Å². The first-order valence-corrected chi connectivity index (χ1v) is 7.94. The molecule has 0 amide bonds. The summed E-state index contributed by atoms with van der Waals surface area (Å²) < 4.78 is 1.17. The number of nitrogens with zero attached hydrogens (tertiary/aromatic N) is 1. The van der Waals surface area contributed by atoms with Gasteiger partial charge in [-0.3, -0.25) is 0 Å². The lowest BCUT2D eigenvalue weighted by atomic mass is 9.88. The number of likely N-dealkylation sites (tertiary alicyclic amines) is 1. The second kappa shape index (κ2) is 6.72. The van der Waals surface area contributed by atoms with Crippen LogP contribution in [0.3, 0.4) is 0 Å². The van der Waals surface area contributed by atoms with Gasteiger partial charge in [-0.15, -0.1) is 0 Å². The van der Waals surface area contributed by atoms with Crippen molar-refractivity contribution in [2.24, 2.45) is 5.92 Å². The van der Waals surface area contributed by atoms with E-state index in [4.69, 9.17) is 0 Å². The van der Waals surface area contributed by atoms with Crippen molar-refractivity contribution in [2.45, 2.75) is 39.0 Å². The molecule has 0 bridgehead atoms. The van der Waals surface area contributed by atoms with Crippen LogP contribution in [0.15, 0.2) is 28.7 Å². The topological polar surface area (TPSA) is 3.24 Å². The van der Waals surface area contributed by atoms with E-state index in [1.807, 2.05) is 0 Å². The molecule has 1 heterocycles. The third-order valence-electron chi connectivity index (χ3n) is 4.24. The molecule has 2 atom stereocenters. The minimum atomic E-state index is 0.639. The molecule has 0 aromatic heterocycles. The summed E-state index contributed by atoms with van der Waals surface area (Å²) in [5.41, 5.74) is 1.46.